The van der Waals surface area contributed by atoms with Gasteiger partial charge in [0.25, 0.3) is 0 Å². The lowest BCUT2D eigenvalue weighted by Gasteiger charge is -2.34. The number of hydrogen-bond acceptors (Lipinski definition) is 0. The highest BCUT2D eigenvalue weighted by atomic mass is 14.5. The molecule has 0 amide bonds. The molecule has 1 spiro atoms. The smallest absolute Gasteiger partial charge is 0.0688 e. The van der Waals surface area contributed by atoms with Gasteiger partial charge in [-0.1, -0.05) is 91.4 Å². The average Bonchev–Trinajstić information content (AvgIpc) is 3.14. The molecule has 0 nitrogen and oxygen atoms in total. The Morgan fingerprint density at radius 2 is 1.44 bits per heavy atom. The molecule has 0 N–H and O–H groups in total. The van der Waals surface area contributed by atoms with Gasteiger partial charge < -0.3 is 0 Å². The Hall–Kier alpha value is -2.86. The first-order valence-corrected chi connectivity index (χ1v) is 9.94. The maximum absolute atomic E-state index is 2.44. The Morgan fingerprint density at radius 1 is 0.778 bits per heavy atom. The van der Waals surface area contributed by atoms with Crippen molar-refractivity contribution in [3.8, 4) is 11.1 Å². The zero-order valence-corrected chi connectivity index (χ0v) is 15.8. The van der Waals surface area contributed by atoms with Crippen LogP contribution in [0.1, 0.15) is 41.2 Å². The molecule has 0 bridgehead atoms. The molecule has 6 rings (SSSR count). The molecule has 0 aliphatic heterocycles. The molecule has 2 atom stereocenters. The SMILES string of the molecule is Cc1ccc2c(c1)C1(C3=C(C=CC(C)C3)c3ccccc31)c1ccccc1-2. The first-order valence-electron chi connectivity index (χ1n) is 9.94. The molecular weight excluding hydrogens is 324 g/mol. The van der Waals surface area contributed by atoms with Crippen LogP contribution in [0.15, 0.2) is 84.5 Å². The van der Waals surface area contributed by atoms with E-state index in [0.717, 1.165) is 6.42 Å². The molecule has 0 heteroatoms. The van der Waals surface area contributed by atoms with Gasteiger partial charge in [-0.25, -0.2) is 0 Å². The predicted molar refractivity (Wildman–Crippen MR) is 113 cm³/mol. The van der Waals surface area contributed by atoms with Crippen LogP contribution in [-0.4, -0.2) is 0 Å². The Bertz CT molecular complexity index is 1170. The predicted octanol–water partition coefficient (Wildman–Crippen LogP) is 6.67. The van der Waals surface area contributed by atoms with Gasteiger partial charge in [0.1, 0.15) is 0 Å². The molecule has 0 saturated heterocycles. The summed E-state index contributed by atoms with van der Waals surface area (Å²) in [7, 11) is 0. The summed E-state index contributed by atoms with van der Waals surface area (Å²) in [6.07, 6.45) is 5.89. The first kappa shape index (κ1) is 15.2. The highest BCUT2D eigenvalue weighted by molar-refractivity contribution is 5.97. The van der Waals surface area contributed by atoms with E-state index in [2.05, 4.69) is 92.7 Å². The number of benzene rings is 3. The average molecular weight is 346 g/mol. The van der Waals surface area contributed by atoms with E-state index in [0.29, 0.717) is 5.92 Å². The molecule has 2 unspecified atom stereocenters. The molecule has 3 aromatic rings. The third kappa shape index (κ3) is 1.74. The van der Waals surface area contributed by atoms with Crippen LogP contribution < -0.4 is 0 Å². The van der Waals surface area contributed by atoms with Crippen molar-refractivity contribution in [2.24, 2.45) is 5.92 Å². The Labute approximate surface area is 160 Å². The summed E-state index contributed by atoms with van der Waals surface area (Å²) < 4.78 is 0. The molecular formula is C27H22. The van der Waals surface area contributed by atoms with Crippen molar-refractivity contribution in [1.29, 1.82) is 0 Å². The summed E-state index contributed by atoms with van der Waals surface area (Å²) in [5.74, 6) is 0.580. The summed E-state index contributed by atoms with van der Waals surface area (Å²) in [6.45, 7) is 4.56. The van der Waals surface area contributed by atoms with Crippen LogP contribution in [0.3, 0.4) is 0 Å². The van der Waals surface area contributed by atoms with Crippen molar-refractivity contribution in [3.05, 3.63) is 112 Å². The van der Waals surface area contributed by atoms with Crippen LogP contribution in [0.25, 0.3) is 16.7 Å². The highest BCUT2D eigenvalue weighted by Crippen LogP contribution is 2.63. The van der Waals surface area contributed by atoms with Gasteiger partial charge in [0.15, 0.2) is 0 Å². The molecule has 130 valence electrons. The molecule has 3 aromatic carbocycles. The summed E-state index contributed by atoms with van der Waals surface area (Å²) in [4.78, 5) is 0. The molecule has 0 radical (unpaired) electrons. The lowest BCUT2D eigenvalue weighted by Crippen LogP contribution is -2.28. The molecule has 0 aromatic heterocycles. The Balaban J connectivity index is 1.82. The zero-order valence-electron chi connectivity index (χ0n) is 15.8. The second kappa shape index (κ2) is 5.10. The van der Waals surface area contributed by atoms with E-state index in [1.54, 1.807) is 5.57 Å². The van der Waals surface area contributed by atoms with E-state index in [-0.39, 0.29) is 5.41 Å². The van der Waals surface area contributed by atoms with Crippen molar-refractivity contribution in [1.82, 2.24) is 0 Å². The summed E-state index contributed by atoms with van der Waals surface area (Å²) in [5.41, 5.74) is 12.9. The highest BCUT2D eigenvalue weighted by Gasteiger charge is 2.52. The molecule has 3 aliphatic carbocycles. The molecule has 0 heterocycles. The topological polar surface area (TPSA) is 0 Å². The third-order valence-electron chi connectivity index (χ3n) is 6.72. The monoisotopic (exact) mass is 346 g/mol. The number of aryl methyl sites for hydroxylation is 1. The summed E-state index contributed by atoms with van der Waals surface area (Å²) >= 11 is 0. The first-order chi connectivity index (χ1) is 13.2. The van der Waals surface area contributed by atoms with E-state index in [1.165, 1.54) is 44.5 Å². The van der Waals surface area contributed by atoms with Crippen LogP contribution in [0.4, 0.5) is 0 Å². The standard InChI is InChI=1S/C27H22/c1-17-11-13-21-19-7-3-5-9-23(19)27(25(21)15-17)24-10-6-4-8-20(24)22-14-12-18(2)16-26(22)27/h3-15,18H,16H2,1-2H3. The van der Waals surface area contributed by atoms with Crippen molar-refractivity contribution in [3.63, 3.8) is 0 Å². The van der Waals surface area contributed by atoms with Gasteiger partial charge in [-0.3, -0.25) is 0 Å². The lowest BCUT2D eigenvalue weighted by molar-refractivity contribution is 0.630. The zero-order chi connectivity index (χ0) is 18.2. The minimum absolute atomic E-state index is 0.122. The largest absolute Gasteiger partial charge is 0.0808 e. The number of fused-ring (bicyclic) bond motifs is 9. The fraction of sp³-hybridized carbons (Fsp3) is 0.185. The summed E-state index contributed by atoms with van der Waals surface area (Å²) in [5, 5.41) is 0. The van der Waals surface area contributed by atoms with Crippen LogP contribution in [0.5, 0.6) is 0 Å². The van der Waals surface area contributed by atoms with Crippen LogP contribution in [-0.2, 0) is 5.41 Å². The van der Waals surface area contributed by atoms with Crippen molar-refractivity contribution >= 4 is 5.57 Å². The van der Waals surface area contributed by atoms with Gasteiger partial charge in [-0.05, 0) is 63.8 Å². The molecule has 0 fully saturated rings. The Morgan fingerprint density at radius 3 is 2.26 bits per heavy atom. The maximum atomic E-state index is 2.44. The normalized spacial score (nSPS) is 24.0. The van der Waals surface area contributed by atoms with Gasteiger partial charge in [0, 0.05) is 0 Å². The minimum Gasteiger partial charge on any atom is -0.0808 e. The van der Waals surface area contributed by atoms with Gasteiger partial charge in [-0.2, -0.15) is 0 Å². The number of rotatable bonds is 0. The molecule has 3 aliphatic rings. The van der Waals surface area contributed by atoms with E-state index >= 15 is 0 Å². The van der Waals surface area contributed by atoms with Crippen LogP contribution in [0.2, 0.25) is 0 Å². The van der Waals surface area contributed by atoms with Gasteiger partial charge in [0.2, 0.25) is 0 Å². The second-order valence-electron chi connectivity index (χ2n) is 8.32. The van der Waals surface area contributed by atoms with Crippen LogP contribution in [0, 0.1) is 12.8 Å². The van der Waals surface area contributed by atoms with E-state index < -0.39 is 0 Å². The quantitative estimate of drug-likeness (QED) is 0.426. The second-order valence-corrected chi connectivity index (χ2v) is 8.32. The fourth-order valence-corrected chi connectivity index (χ4v) is 5.68. The van der Waals surface area contributed by atoms with Crippen molar-refractivity contribution in [2.75, 3.05) is 0 Å². The fourth-order valence-electron chi connectivity index (χ4n) is 5.68. The number of allylic oxidation sites excluding steroid dienone is 4. The molecule has 27 heavy (non-hydrogen) atoms. The van der Waals surface area contributed by atoms with E-state index in [1.807, 2.05) is 0 Å². The van der Waals surface area contributed by atoms with Crippen molar-refractivity contribution in [2.45, 2.75) is 25.7 Å². The molecule has 0 saturated carbocycles. The van der Waals surface area contributed by atoms with Crippen LogP contribution >= 0.6 is 0 Å². The number of hydrogen-bond donors (Lipinski definition) is 0. The minimum atomic E-state index is -0.122. The third-order valence-corrected chi connectivity index (χ3v) is 6.72. The van der Waals surface area contributed by atoms with Gasteiger partial charge >= 0.3 is 0 Å². The van der Waals surface area contributed by atoms with Gasteiger partial charge in [0.05, 0.1) is 5.41 Å². The maximum Gasteiger partial charge on any atom is 0.0688 e. The van der Waals surface area contributed by atoms with Crippen molar-refractivity contribution < 1.29 is 0 Å². The van der Waals surface area contributed by atoms with E-state index in [4.69, 9.17) is 0 Å². The van der Waals surface area contributed by atoms with Gasteiger partial charge in [-0.15, -0.1) is 0 Å². The Kier molecular flexibility index (Phi) is 2.88. The summed E-state index contributed by atoms with van der Waals surface area (Å²) in [6, 6.07) is 25.2. The van der Waals surface area contributed by atoms with E-state index in [9.17, 15) is 0 Å². The lowest BCUT2D eigenvalue weighted by atomic mass is 9.67.